The Labute approximate surface area is 138 Å². The van der Waals surface area contributed by atoms with Crippen molar-refractivity contribution < 1.29 is 0 Å². The Morgan fingerprint density at radius 3 is 3.05 bits per heavy atom. The molecule has 7 heteroatoms. The Balaban J connectivity index is 1.53. The summed E-state index contributed by atoms with van der Waals surface area (Å²) in [6.45, 7) is 1.63. The highest BCUT2D eigenvalue weighted by atomic mass is 32.1. The monoisotopic (exact) mass is 333 g/mol. The third-order valence-corrected chi connectivity index (χ3v) is 5.12. The van der Waals surface area contributed by atoms with Crippen LogP contribution >= 0.6 is 22.7 Å². The van der Waals surface area contributed by atoms with Crippen LogP contribution < -0.4 is 5.32 Å². The largest absolute Gasteiger partial charge is 0.351 e. The van der Waals surface area contributed by atoms with Gasteiger partial charge in [0, 0.05) is 43.3 Å². The lowest BCUT2D eigenvalue weighted by Gasteiger charge is -2.21. The van der Waals surface area contributed by atoms with Crippen molar-refractivity contribution in [1.82, 2.24) is 19.6 Å². The van der Waals surface area contributed by atoms with E-state index < -0.39 is 0 Å². The zero-order valence-corrected chi connectivity index (χ0v) is 14.3. The van der Waals surface area contributed by atoms with E-state index in [4.69, 9.17) is 0 Å². The summed E-state index contributed by atoms with van der Waals surface area (Å²) >= 11 is 3.44. The fraction of sp³-hybridized carbons (Fsp3) is 0.333. The van der Waals surface area contributed by atoms with Crippen molar-refractivity contribution in [2.75, 3.05) is 20.6 Å². The van der Waals surface area contributed by atoms with Crippen LogP contribution in [0.5, 0.6) is 0 Å². The maximum absolute atomic E-state index is 4.57. The number of rotatable bonds is 5. The maximum Gasteiger partial charge on any atom is 0.193 e. The standard InChI is InChI=1S/C15H19N5S2/c1-16-14(19(2)6-5-13-4-3-8-21-13)17-10-12-11-20-7-9-22-15(20)18-12/h3-4,7-9,11H,5-6,10H2,1-2H3,(H,16,17). The van der Waals surface area contributed by atoms with Gasteiger partial charge in [-0.1, -0.05) is 6.07 Å². The van der Waals surface area contributed by atoms with Gasteiger partial charge in [-0.25, -0.2) is 4.98 Å². The van der Waals surface area contributed by atoms with Gasteiger partial charge in [-0.05, 0) is 17.9 Å². The Morgan fingerprint density at radius 2 is 2.32 bits per heavy atom. The molecule has 0 saturated heterocycles. The molecule has 0 bridgehead atoms. The Kier molecular flexibility index (Phi) is 4.74. The maximum atomic E-state index is 4.57. The second-order valence-corrected chi connectivity index (χ2v) is 6.88. The van der Waals surface area contributed by atoms with Gasteiger partial charge in [0.1, 0.15) is 0 Å². The van der Waals surface area contributed by atoms with Crippen LogP contribution in [0, 0.1) is 0 Å². The van der Waals surface area contributed by atoms with Crippen molar-refractivity contribution in [2.24, 2.45) is 4.99 Å². The fourth-order valence-electron chi connectivity index (χ4n) is 2.25. The van der Waals surface area contributed by atoms with Crippen LogP contribution in [-0.4, -0.2) is 40.9 Å². The average molecular weight is 333 g/mol. The Bertz CT molecular complexity index is 713. The predicted molar refractivity (Wildman–Crippen MR) is 93.9 cm³/mol. The zero-order valence-electron chi connectivity index (χ0n) is 12.7. The van der Waals surface area contributed by atoms with E-state index in [1.165, 1.54) is 4.88 Å². The summed E-state index contributed by atoms with van der Waals surface area (Å²) in [5, 5.41) is 7.53. The third-order valence-electron chi connectivity index (χ3n) is 3.42. The lowest BCUT2D eigenvalue weighted by molar-refractivity contribution is 0.486. The first-order valence-electron chi connectivity index (χ1n) is 7.11. The summed E-state index contributed by atoms with van der Waals surface area (Å²) in [5.74, 6) is 0.896. The quantitative estimate of drug-likeness (QED) is 0.577. The summed E-state index contributed by atoms with van der Waals surface area (Å²) in [7, 11) is 3.88. The highest BCUT2D eigenvalue weighted by molar-refractivity contribution is 7.15. The molecule has 116 valence electrons. The molecule has 3 aromatic heterocycles. The number of nitrogens with one attached hydrogen (secondary N) is 1. The minimum Gasteiger partial charge on any atom is -0.351 e. The van der Waals surface area contributed by atoms with Gasteiger partial charge in [-0.15, -0.1) is 22.7 Å². The van der Waals surface area contributed by atoms with E-state index in [2.05, 4.69) is 51.0 Å². The van der Waals surface area contributed by atoms with Crippen LogP contribution in [0.1, 0.15) is 10.6 Å². The van der Waals surface area contributed by atoms with Crippen molar-refractivity contribution in [2.45, 2.75) is 13.0 Å². The van der Waals surface area contributed by atoms with Crippen LogP contribution in [0.2, 0.25) is 0 Å². The number of hydrogen-bond donors (Lipinski definition) is 1. The van der Waals surface area contributed by atoms with Gasteiger partial charge in [0.15, 0.2) is 10.9 Å². The van der Waals surface area contributed by atoms with Crippen molar-refractivity contribution >= 4 is 33.6 Å². The molecule has 3 aromatic rings. The van der Waals surface area contributed by atoms with Gasteiger partial charge >= 0.3 is 0 Å². The van der Waals surface area contributed by atoms with Gasteiger partial charge < -0.3 is 10.2 Å². The molecule has 0 atom stereocenters. The molecule has 1 N–H and O–H groups in total. The number of nitrogens with zero attached hydrogens (tertiary/aromatic N) is 4. The van der Waals surface area contributed by atoms with Gasteiger partial charge in [-0.2, -0.15) is 0 Å². The summed E-state index contributed by atoms with van der Waals surface area (Å²) < 4.78 is 2.05. The second kappa shape index (κ2) is 6.93. The van der Waals surface area contributed by atoms with Crippen LogP contribution in [0.3, 0.4) is 0 Å². The van der Waals surface area contributed by atoms with Crippen LogP contribution in [-0.2, 0) is 13.0 Å². The number of aromatic nitrogens is 2. The molecule has 0 aliphatic carbocycles. The first-order chi connectivity index (χ1) is 10.8. The summed E-state index contributed by atoms with van der Waals surface area (Å²) in [4.78, 5) is 13.5. The topological polar surface area (TPSA) is 44.9 Å². The number of fused-ring (bicyclic) bond motifs is 1. The Hall–Kier alpha value is -1.86. The number of aliphatic imine (C=N–C) groups is 1. The van der Waals surface area contributed by atoms with E-state index in [1.807, 2.05) is 23.0 Å². The number of hydrogen-bond acceptors (Lipinski definition) is 4. The minimum absolute atomic E-state index is 0.685. The highest BCUT2D eigenvalue weighted by Gasteiger charge is 2.08. The normalized spacial score (nSPS) is 12.0. The molecule has 0 aromatic carbocycles. The predicted octanol–water partition coefficient (Wildman–Crippen LogP) is 2.71. The smallest absolute Gasteiger partial charge is 0.193 e. The molecule has 0 aliphatic rings. The molecule has 0 spiro atoms. The molecule has 0 unspecified atom stereocenters. The van der Waals surface area contributed by atoms with Crippen LogP contribution in [0.15, 0.2) is 40.3 Å². The van der Waals surface area contributed by atoms with Crippen molar-refractivity contribution in [3.63, 3.8) is 0 Å². The highest BCUT2D eigenvalue weighted by Crippen LogP contribution is 2.11. The molecule has 0 aliphatic heterocycles. The molecule has 5 nitrogen and oxygen atoms in total. The number of thiophene rings is 1. The van der Waals surface area contributed by atoms with Gasteiger partial charge in [0.2, 0.25) is 0 Å². The van der Waals surface area contributed by atoms with Gasteiger partial charge in [0.25, 0.3) is 0 Å². The van der Waals surface area contributed by atoms with E-state index in [0.717, 1.165) is 29.6 Å². The molecule has 0 fully saturated rings. The van der Waals surface area contributed by atoms with Crippen LogP contribution in [0.4, 0.5) is 0 Å². The van der Waals surface area contributed by atoms with E-state index in [9.17, 15) is 0 Å². The molecule has 22 heavy (non-hydrogen) atoms. The van der Waals surface area contributed by atoms with E-state index >= 15 is 0 Å². The molecule has 0 saturated carbocycles. The number of likely N-dealkylation sites (N-methyl/N-ethyl adjacent to an activating group) is 1. The summed E-state index contributed by atoms with van der Waals surface area (Å²) in [5.41, 5.74) is 1.03. The Morgan fingerprint density at radius 1 is 1.41 bits per heavy atom. The van der Waals surface area contributed by atoms with E-state index in [-0.39, 0.29) is 0 Å². The van der Waals surface area contributed by atoms with Gasteiger partial charge in [0.05, 0.1) is 12.2 Å². The van der Waals surface area contributed by atoms with Crippen molar-refractivity contribution in [1.29, 1.82) is 0 Å². The number of guanidine groups is 1. The fourth-order valence-corrected chi connectivity index (χ4v) is 3.67. The summed E-state index contributed by atoms with van der Waals surface area (Å²) in [6.07, 6.45) is 5.12. The van der Waals surface area contributed by atoms with Crippen molar-refractivity contribution in [3.8, 4) is 0 Å². The molecular formula is C15H19N5S2. The third kappa shape index (κ3) is 3.48. The molecule has 3 heterocycles. The average Bonchev–Trinajstić information content (AvgIpc) is 3.22. The molecule has 0 radical (unpaired) electrons. The lowest BCUT2D eigenvalue weighted by atomic mass is 10.3. The minimum atomic E-state index is 0.685. The first-order valence-corrected chi connectivity index (χ1v) is 8.87. The zero-order chi connectivity index (χ0) is 15.4. The SMILES string of the molecule is CN=C(NCc1cn2ccsc2n1)N(C)CCc1cccs1. The lowest BCUT2D eigenvalue weighted by Crippen LogP contribution is -2.39. The van der Waals surface area contributed by atoms with Crippen LogP contribution in [0.25, 0.3) is 4.96 Å². The number of imidazole rings is 1. The van der Waals surface area contributed by atoms with Gasteiger partial charge in [-0.3, -0.25) is 9.39 Å². The molecule has 3 rings (SSSR count). The molecule has 0 amide bonds. The second-order valence-electron chi connectivity index (χ2n) is 4.98. The summed E-state index contributed by atoms with van der Waals surface area (Å²) in [6, 6.07) is 4.27. The first kappa shape index (κ1) is 15.1. The molecular weight excluding hydrogens is 314 g/mol. The number of thiazole rings is 1. The van der Waals surface area contributed by atoms with E-state index in [1.54, 1.807) is 22.7 Å². The van der Waals surface area contributed by atoms with Crippen molar-refractivity contribution in [3.05, 3.63) is 45.9 Å². The van der Waals surface area contributed by atoms with E-state index in [0.29, 0.717) is 6.54 Å².